The maximum absolute atomic E-state index is 11.1. The number of aromatic carboxylic acids is 1. The Balaban J connectivity index is 1.61. The van der Waals surface area contributed by atoms with Crippen LogP contribution in [0.1, 0.15) is 104 Å². The fourth-order valence-corrected chi connectivity index (χ4v) is 5.41. The molecular formula is C28H34O2. The molecule has 2 aliphatic carbocycles. The van der Waals surface area contributed by atoms with Crippen molar-refractivity contribution in [3.05, 3.63) is 75.4 Å². The van der Waals surface area contributed by atoms with E-state index < -0.39 is 5.97 Å². The van der Waals surface area contributed by atoms with Crippen molar-refractivity contribution in [3.63, 3.8) is 0 Å². The molecule has 1 atom stereocenters. The van der Waals surface area contributed by atoms with E-state index in [2.05, 4.69) is 52.8 Å². The van der Waals surface area contributed by atoms with Gasteiger partial charge in [-0.25, -0.2) is 4.79 Å². The summed E-state index contributed by atoms with van der Waals surface area (Å²) in [4.78, 5) is 11.1. The molecule has 1 saturated carbocycles. The van der Waals surface area contributed by atoms with Crippen LogP contribution in [0.15, 0.2) is 42.0 Å². The predicted octanol–water partition coefficient (Wildman–Crippen LogP) is 7.39. The van der Waals surface area contributed by atoms with Gasteiger partial charge in [-0.15, -0.1) is 0 Å². The number of rotatable bonds is 3. The SMILES string of the molecule is Cc1cc2c(cc1C1CCC(=Cc3ccc(C(=O)O)cc3)C1)C(C)(C)CCC2(C)C. The average molecular weight is 403 g/mol. The second-order valence-electron chi connectivity index (χ2n) is 10.7. The molecule has 4 rings (SSSR count). The summed E-state index contributed by atoms with van der Waals surface area (Å²) < 4.78 is 0. The molecule has 0 spiro atoms. The maximum Gasteiger partial charge on any atom is 0.335 e. The summed E-state index contributed by atoms with van der Waals surface area (Å²) in [6.07, 6.45) is 8.18. The average Bonchev–Trinajstić information content (AvgIpc) is 3.14. The molecule has 2 heteroatoms. The molecule has 2 aromatic carbocycles. The quantitative estimate of drug-likeness (QED) is 0.581. The Morgan fingerprint density at radius 2 is 1.60 bits per heavy atom. The Kier molecular flexibility index (Phi) is 5.16. The third-order valence-electron chi connectivity index (χ3n) is 7.53. The highest BCUT2D eigenvalue weighted by Gasteiger charge is 2.38. The van der Waals surface area contributed by atoms with Crippen molar-refractivity contribution in [1.29, 1.82) is 0 Å². The molecule has 2 aliphatic rings. The van der Waals surface area contributed by atoms with Crippen molar-refractivity contribution in [2.45, 2.75) is 83.5 Å². The third kappa shape index (κ3) is 3.85. The summed E-state index contributed by atoms with van der Waals surface area (Å²) >= 11 is 0. The number of hydrogen-bond donors (Lipinski definition) is 1. The van der Waals surface area contributed by atoms with E-state index in [-0.39, 0.29) is 10.8 Å². The molecule has 1 fully saturated rings. The number of carboxylic acids is 1. The van der Waals surface area contributed by atoms with Crippen LogP contribution in [0.4, 0.5) is 0 Å². The van der Waals surface area contributed by atoms with Crippen LogP contribution in [0.25, 0.3) is 6.08 Å². The molecule has 0 aromatic heterocycles. The Bertz CT molecular complexity index is 1010. The van der Waals surface area contributed by atoms with Crippen molar-refractivity contribution in [3.8, 4) is 0 Å². The van der Waals surface area contributed by atoms with Crippen LogP contribution in [0, 0.1) is 6.92 Å². The molecule has 30 heavy (non-hydrogen) atoms. The zero-order valence-electron chi connectivity index (χ0n) is 19.0. The fraction of sp³-hybridized carbons (Fsp3) is 0.464. The lowest BCUT2D eigenvalue weighted by molar-refractivity contribution is 0.0697. The molecule has 0 saturated heterocycles. The number of aryl methyl sites for hydroxylation is 1. The summed E-state index contributed by atoms with van der Waals surface area (Å²) in [5.74, 6) is -0.287. The lowest BCUT2D eigenvalue weighted by Gasteiger charge is -2.42. The highest BCUT2D eigenvalue weighted by atomic mass is 16.4. The Hall–Kier alpha value is -2.35. The van der Waals surface area contributed by atoms with Gasteiger partial charge in [0.05, 0.1) is 5.56 Å². The van der Waals surface area contributed by atoms with Gasteiger partial charge in [-0.2, -0.15) is 0 Å². The number of carboxylic acid groups (broad SMARTS) is 1. The zero-order valence-corrected chi connectivity index (χ0v) is 19.0. The van der Waals surface area contributed by atoms with E-state index in [1.165, 1.54) is 36.0 Å². The van der Waals surface area contributed by atoms with Gasteiger partial charge < -0.3 is 5.11 Å². The molecule has 0 radical (unpaired) electrons. The van der Waals surface area contributed by atoms with Crippen LogP contribution in [-0.4, -0.2) is 11.1 Å². The summed E-state index contributed by atoms with van der Waals surface area (Å²) in [5.41, 5.74) is 9.50. The van der Waals surface area contributed by atoms with Crippen LogP contribution in [-0.2, 0) is 10.8 Å². The molecule has 0 aliphatic heterocycles. The van der Waals surface area contributed by atoms with Crippen LogP contribution in [0.3, 0.4) is 0 Å². The molecular weight excluding hydrogens is 368 g/mol. The van der Waals surface area contributed by atoms with Gasteiger partial charge in [0, 0.05) is 0 Å². The normalized spacial score (nSPS) is 23.4. The Labute approximate surface area is 181 Å². The minimum Gasteiger partial charge on any atom is -0.478 e. The molecule has 2 aromatic rings. The van der Waals surface area contributed by atoms with E-state index in [0.29, 0.717) is 11.5 Å². The first-order valence-electron chi connectivity index (χ1n) is 11.3. The lowest BCUT2D eigenvalue weighted by Crippen LogP contribution is -2.34. The summed E-state index contributed by atoms with van der Waals surface area (Å²) in [6.45, 7) is 11.9. The standard InChI is InChI=1S/C28H34O2/c1-18-14-24-25(28(4,5)13-12-27(24,2)3)17-23(18)22-11-8-20(16-22)15-19-6-9-21(10-7-19)26(29)30/h6-7,9-10,14-15,17,22H,8,11-13,16H2,1-5H3,(H,29,30). The largest absolute Gasteiger partial charge is 0.478 e. The highest BCUT2D eigenvalue weighted by molar-refractivity contribution is 5.87. The third-order valence-corrected chi connectivity index (χ3v) is 7.53. The molecule has 0 heterocycles. The molecule has 1 unspecified atom stereocenters. The predicted molar refractivity (Wildman–Crippen MR) is 124 cm³/mol. The number of allylic oxidation sites excluding steroid dienone is 1. The van der Waals surface area contributed by atoms with Crippen LogP contribution < -0.4 is 0 Å². The van der Waals surface area contributed by atoms with Gasteiger partial charge in [0.2, 0.25) is 0 Å². The first kappa shape index (κ1) is 20.9. The summed E-state index contributed by atoms with van der Waals surface area (Å²) in [7, 11) is 0. The maximum atomic E-state index is 11.1. The Morgan fingerprint density at radius 3 is 2.20 bits per heavy atom. The second kappa shape index (κ2) is 7.41. The van der Waals surface area contributed by atoms with E-state index in [1.807, 2.05) is 12.1 Å². The van der Waals surface area contributed by atoms with Crippen molar-refractivity contribution in [1.82, 2.24) is 0 Å². The minimum atomic E-state index is -0.871. The Morgan fingerprint density at radius 1 is 1.00 bits per heavy atom. The summed E-state index contributed by atoms with van der Waals surface area (Å²) in [6, 6.07) is 12.2. The van der Waals surface area contributed by atoms with Gasteiger partial charge in [0.15, 0.2) is 0 Å². The molecule has 1 N–H and O–H groups in total. The molecule has 158 valence electrons. The van der Waals surface area contributed by atoms with Gasteiger partial charge in [0.25, 0.3) is 0 Å². The molecule has 0 bridgehead atoms. The van der Waals surface area contributed by atoms with E-state index in [4.69, 9.17) is 5.11 Å². The molecule has 0 amide bonds. The van der Waals surface area contributed by atoms with Gasteiger partial charge in [0.1, 0.15) is 0 Å². The monoisotopic (exact) mass is 402 g/mol. The van der Waals surface area contributed by atoms with Crippen molar-refractivity contribution < 1.29 is 9.90 Å². The molecule has 2 nitrogen and oxygen atoms in total. The summed E-state index contributed by atoms with van der Waals surface area (Å²) in [5, 5.41) is 9.08. The topological polar surface area (TPSA) is 37.3 Å². The van der Waals surface area contributed by atoms with Crippen molar-refractivity contribution in [2.24, 2.45) is 0 Å². The van der Waals surface area contributed by atoms with E-state index in [9.17, 15) is 4.79 Å². The van der Waals surface area contributed by atoms with E-state index >= 15 is 0 Å². The first-order chi connectivity index (χ1) is 14.1. The minimum absolute atomic E-state index is 0.246. The zero-order chi connectivity index (χ0) is 21.7. The highest BCUT2D eigenvalue weighted by Crippen LogP contribution is 2.49. The number of carbonyl (C=O) groups is 1. The number of benzene rings is 2. The second-order valence-corrected chi connectivity index (χ2v) is 10.7. The van der Waals surface area contributed by atoms with Gasteiger partial charge >= 0.3 is 5.97 Å². The first-order valence-corrected chi connectivity index (χ1v) is 11.3. The van der Waals surface area contributed by atoms with E-state index in [0.717, 1.165) is 18.4 Å². The lowest BCUT2D eigenvalue weighted by atomic mass is 9.62. The number of fused-ring (bicyclic) bond motifs is 1. The fourth-order valence-electron chi connectivity index (χ4n) is 5.41. The van der Waals surface area contributed by atoms with Gasteiger partial charge in [-0.1, -0.05) is 63.6 Å². The van der Waals surface area contributed by atoms with Crippen molar-refractivity contribution in [2.75, 3.05) is 0 Å². The van der Waals surface area contributed by atoms with E-state index in [1.54, 1.807) is 23.3 Å². The van der Waals surface area contributed by atoms with Gasteiger partial charge in [-0.3, -0.25) is 0 Å². The van der Waals surface area contributed by atoms with Gasteiger partial charge in [-0.05, 0) is 95.7 Å². The smallest absolute Gasteiger partial charge is 0.335 e. The van der Waals surface area contributed by atoms with Crippen molar-refractivity contribution >= 4 is 12.0 Å². The van der Waals surface area contributed by atoms with Crippen LogP contribution >= 0.6 is 0 Å². The number of hydrogen-bond acceptors (Lipinski definition) is 1. The van der Waals surface area contributed by atoms with Crippen LogP contribution in [0.5, 0.6) is 0 Å². The van der Waals surface area contributed by atoms with Crippen LogP contribution in [0.2, 0.25) is 0 Å².